The molecule has 0 bridgehead atoms. The molecule has 1 aliphatic heterocycles. The lowest BCUT2D eigenvalue weighted by Crippen LogP contribution is -2.46. The standard InChI is InChI=1S/C18H24N2O5/c1-19(12-17(22)25-3)18(23)14-7-8-16(21)20(11-14)10-13-5-4-6-15(9-13)24-2/h4-6,9,14H,7-8,10-12H2,1-3H3. The average molecular weight is 348 g/mol. The van der Waals surface area contributed by atoms with E-state index in [9.17, 15) is 14.4 Å². The van der Waals surface area contributed by atoms with Crippen molar-refractivity contribution < 1.29 is 23.9 Å². The minimum absolute atomic E-state index is 0.0301. The van der Waals surface area contributed by atoms with E-state index in [4.69, 9.17) is 4.74 Å². The Morgan fingerprint density at radius 1 is 1.32 bits per heavy atom. The van der Waals surface area contributed by atoms with Gasteiger partial charge in [0.25, 0.3) is 0 Å². The Kier molecular flexibility index (Phi) is 6.38. The number of likely N-dealkylation sites (tertiary alicyclic amines) is 1. The number of likely N-dealkylation sites (N-methyl/N-ethyl adjacent to an activating group) is 1. The summed E-state index contributed by atoms with van der Waals surface area (Å²) in [5.74, 6) is -0.155. The van der Waals surface area contributed by atoms with E-state index < -0.39 is 5.97 Å². The van der Waals surface area contributed by atoms with Crippen molar-refractivity contribution in [1.29, 1.82) is 0 Å². The normalized spacial score (nSPS) is 17.2. The van der Waals surface area contributed by atoms with Crippen LogP contribution in [0.25, 0.3) is 0 Å². The number of rotatable bonds is 6. The number of carbonyl (C=O) groups excluding carboxylic acids is 3. The second-order valence-corrected chi connectivity index (χ2v) is 6.13. The fraction of sp³-hybridized carbons (Fsp3) is 0.500. The van der Waals surface area contributed by atoms with Crippen molar-refractivity contribution in [2.45, 2.75) is 19.4 Å². The Balaban J connectivity index is 2.01. The van der Waals surface area contributed by atoms with Gasteiger partial charge < -0.3 is 19.3 Å². The molecule has 1 unspecified atom stereocenters. The fourth-order valence-corrected chi connectivity index (χ4v) is 2.91. The van der Waals surface area contributed by atoms with Crippen LogP contribution in [0.2, 0.25) is 0 Å². The first-order valence-electron chi connectivity index (χ1n) is 8.17. The molecule has 0 saturated carbocycles. The van der Waals surface area contributed by atoms with Crippen LogP contribution in [0.5, 0.6) is 5.75 Å². The monoisotopic (exact) mass is 348 g/mol. The summed E-state index contributed by atoms with van der Waals surface area (Å²) < 4.78 is 9.79. The summed E-state index contributed by atoms with van der Waals surface area (Å²) in [5.41, 5.74) is 0.948. The highest BCUT2D eigenvalue weighted by Crippen LogP contribution is 2.22. The van der Waals surface area contributed by atoms with Crippen LogP contribution in [0.3, 0.4) is 0 Å². The first-order valence-corrected chi connectivity index (χ1v) is 8.17. The van der Waals surface area contributed by atoms with Crippen molar-refractivity contribution in [3.8, 4) is 5.75 Å². The summed E-state index contributed by atoms with van der Waals surface area (Å²) in [6, 6.07) is 7.51. The minimum atomic E-state index is -0.462. The SMILES string of the molecule is COC(=O)CN(C)C(=O)C1CCC(=O)N(Cc2cccc(OC)c2)C1. The lowest BCUT2D eigenvalue weighted by molar-refractivity contribution is -0.150. The third-order valence-electron chi connectivity index (χ3n) is 4.33. The van der Waals surface area contributed by atoms with E-state index >= 15 is 0 Å². The summed E-state index contributed by atoms with van der Waals surface area (Å²) in [7, 11) is 4.45. The molecule has 1 saturated heterocycles. The van der Waals surface area contributed by atoms with Crippen LogP contribution in [0, 0.1) is 5.92 Å². The van der Waals surface area contributed by atoms with Gasteiger partial charge in [0.2, 0.25) is 11.8 Å². The number of amides is 2. The van der Waals surface area contributed by atoms with Crippen molar-refractivity contribution in [3.05, 3.63) is 29.8 Å². The minimum Gasteiger partial charge on any atom is -0.497 e. The molecule has 0 N–H and O–H groups in total. The lowest BCUT2D eigenvalue weighted by Gasteiger charge is -2.33. The summed E-state index contributed by atoms with van der Waals surface area (Å²) in [5, 5.41) is 0. The Morgan fingerprint density at radius 3 is 2.76 bits per heavy atom. The third kappa shape index (κ3) is 4.95. The first-order chi connectivity index (χ1) is 11.9. The average Bonchev–Trinajstić information content (AvgIpc) is 2.62. The van der Waals surface area contributed by atoms with Crippen LogP contribution in [0.15, 0.2) is 24.3 Å². The van der Waals surface area contributed by atoms with Gasteiger partial charge in [0.15, 0.2) is 0 Å². The topological polar surface area (TPSA) is 76.2 Å². The van der Waals surface area contributed by atoms with Gasteiger partial charge in [0.1, 0.15) is 12.3 Å². The van der Waals surface area contributed by atoms with Gasteiger partial charge in [-0.1, -0.05) is 12.1 Å². The predicted molar refractivity (Wildman–Crippen MR) is 90.8 cm³/mol. The highest BCUT2D eigenvalue weighted by molar-refractivity contribution is 5.86. The van der Waals surface area contributed by atoms with E-state index in [1.54, 1.807) is 19.1 Å². The molecule has 25 heavy (non-hydrogen) atoms. The van der Waals surface area contributed by atoms with E-state index in [0.717, 1.165) is 11.3 Å². The fourth-order valence-electron chi connectivity index (χ4n) is 2.91. The van der Waals surface area contributed by atoms with E-state index in [0.29, 0.717) is 25.9 Å². The number of ether oxygens (including phenoxy) is 2. The summed E-state index contributed by atoms with van der Waals surface area (Å²) in [6.07, 6.45) is 0.824. The van der Waals surface area contributed by atoms with Crippen LogP contribution < -0.4 is 4.74 Å². The van der Waals surface area contributed by atoms with Crippen molar-refractivity contribution in [1.82, 2.24) is 9.80 Å². The molecule has 0 radical (unpaired) electrons. The molecule has 0 spiro atoms. The Bertz CT molecular complexity index is 646. The highest BCUT2D eigenvalue weighted by atomic mass is 16.5. The number of nitrogens with zero attached hydrogens (tertiary/aromatic N) is 2. The Hall–Kier alpha value is -2.57. The molecule has 2 rings (SSSR count). The lowest BCUT2D eigenvalue weighted by atomic mass is 9.95. The maximum Gasteiger partial charge on any atom is 0.325 e. The van der Waals surface area contributed by atoms with Crippen molar-refractivity contribution in [3.63, 3.8) is 0 Å². The molecule has 2 amide bonds. The van der Waals surface area contributed by atoms with Gasteiger partial charge in [-0.2, -0.15) is 0 Å². The number of esters is 1. The van der Waals surface area contributed by atoms with Gasteiger partial charge in [-0.25, -0.2) is 0 Å². The van der Waals surface area contributed by atoms with E-state index in [1.807, 2.05) is 24.3 Å². The zero-order chi connectivity index (χ0) is 18.4. The van der Waals surface area contributed by atoms with Crippen molar-refractivity contribution >= 4 is 17.8 Å². The largest absolute Gasteiger partial charge is 0.497 e. The molecule has 0 aromatic heterocycles. The number of hydrogen-bond acceptors (Lipinski definition) is 5. The van der Waals surface area contributed by atoms with Crippen LogP contribution >= 0.6 is 0 Å². The van der Waals surface area contributed by atoms with Gasteiger partial charge in [0, 0.05) is 26.6 Å². The zero-order valence-electron chi connectivity index (χ0n) is 14.9. The molecule has 1 heterocycles. The molecular formula is C18H24N2O5. The second-order valence-electron chi connectivity index (χ2n) is 6.13. The maximum atomic E-state index is 12.5. The van der Waals surface area contributed by atoms with Gasteiger partial charge in [-0.3, -0.25) is 14.4 Å². The molecule has 1 aromatic rings. The van der Waals surface area contributed by atoms with Gasteiger partial charge in [-0.05, 0) is 24.1 Å². The van der Waals surface area contributed by atoms with Gasteiger partial charge >= 0.3 is 5.97 Å². The van der Waals surface area contributed by atoms with Crippen molar-refractivity contribution in [2.75, 3.05) is 34.4 Å². The molecule has 1 fully saturated rings. The second kappa shape index (κ2) is 8.50. The summed E-state index contributed by atoms with van der Waals surface area (Å²) in [4.78, 5) is 39.1. The molecule has 1 atom stereocenters. The highest BCUT2D eigenvalue weighted by Gasteiger charge is 2.32. The smallest absolute Gasteiger partial charge is 0.325 e. The van der Waals surface area contributed by atoms with Gasteiger partial charge in [0.05, 0.1) is 20.1 Å². The number of hydrogen-bond donors (Lipinski definition) is 0. The maximum absolute atomic E-state index is 12.5. The zero-order valence-corrected chi connectivity index (χ0v) is 14.9. The Morgan fingerprint density at radius 2 is 2.08 bits per heavy atom. The predicted octanol–water partition coefficient (Wildman–Crippen LogP) is 1.07. The quantitative estimate of drug-likeness (QED) is 0.719. The summed E-state index contributed by atoms with van der Waals surface area (Å²) >= 11 is 0. The van der Waals surface area contributed by atoms with Crippen LogP contribution in [-0.4, -0.2) is 61.9 Å². The van der Waals surface area contributed by atoms with E-state index in [1.165, 1.54) is 12.0 Å². The van der Waals surface area contributed by atoms with Crippen LogP contribution in [0.4, 0.5) is 0 Å². The molecule has 136 valence electrons. The van der Waals surface area contributed by atoms with Gasteiger partial charge in [-0.15, -0.1) is 0 Å². The van der Waals surface area contributed by atoms with Crippen LogP contribution in [-0.2, 0) is 25.7 Å². The molecule has 0 aliphatic carbocycles. The third-order valence-corrected chi connectivity index (χ3v) is 4.33. The van der Waals surface area contributed by atoms with E-state index in [-0.39, 0.29) is 24.3 Å². The Labute approximate surface area is 147 Å². The van der Waals surface area contributed by atoms with Crippen LogP contribution in [0.1, 0.15) is 18.4 Å². The molecule has 1 aromatic carbocycles. The molecule has 7 heteroatoms. The molecule has 1 aliphatic rings. The number of carbonyl (C=O) groups is 3. The molecule has 7 nitrogen and oxygen atoms in total. The number of methoxy groups -OCH3 is 2. The van der Waals surface area contributed by atoms with Crippen molar-refractivity contribution in [2.24, 2.45) is 5.92 Å². The molecular weight excluding hydrogens is 324 g/mol. The first kappa shape index (κ1) is 18.8. The number of piperidine rings is 1. The van der Waals surface area contributed by atoms with E-state index in [2.05, 4.69) is 4.74 Å². The summed E-state index contributed by atoms with van der Waals surface area (Å²) in [6.45, 7) is 0.691. The number of benzene rings is 1.